The van der Waals surface area contributed by atoms with Crippen molar-refractivity contribution >= 4 is 23.2 Å². The minimum atomic E-state index is -0.585. The van der Waals surface area contributed by atoms with E-state index >= 15 is 0 Å². The minimum Gasteiger partial charge on any atom is -0.493 e. The van der Waals surface area contributed by atoms with Crippen molar-refractivity contribution < 1.29 is 23.8 Å². The van der Waals surface area contributed by atoms with Gasteiger partial charge < -0.3 is 24.4 Å². The third kappa shape index (κ3) is 4.23. The molecule has 4 rings (SSSR count). The van der Waals surface area contributed by atoms with E-state index in [9.17, 15) is 9.59 Å². The number of methoxy groups -OCH3 is 2. The summed E-state index contributed by atoms with van der Waals surface area (Å²) in [5.41, 5.74) is 2.58. The van der Waals surface area contributed by atoms with Crippen LogP contribution < -0.4 is 24.4 Å². The maximum atomic E-state index is 12.9. The van der Waals surface area contributed by atoms with Crippen LogP contribution in [-0.4, -0.2) is 32.1 Å². The molecular formula is C25H24N2O5. The van der Waals surface area contributed by atoms with Crippen molar-refractivity contribution in [2.75, 3.05) is 24.4 Å². The summed E-state index contributed by atoms with van der Waals surface area (Å²) in [5, 5.41) is 2.88. The fourth-order valence-electron chi connectivity index (χ4n) is 3.59. The Hall–Kier alpha value is -4.00. The molecule has 1 unspecified atom stereocenters. The quantitative estimate of drug-likeness (QED) is 0.630. The van der Waals surface area contributed by atoms with Gasteiger partial charge in [-0.25, -0.2) is 0 Å². The molecule has 0 saturated carbocycles. The number of ether oxygens (including phenoxy) is 3. The van der Waals surface area contributed by atoms with Crippen LogP contribution in [0.1, 0.15) is 22.8 Å². The molecule has 1 heterocycles. The number of amides is 2. The summed E-state index contributed by atoms with van der Waals surface area (Å²) in [7, 11) is 3.05. The molecule has 1 aliphatic heterocycles. The molecule has 0 radical (unpaired) electrons. The van der Waals surface area contributed by atoms with Gasteiger partial charge in [0.2, 0.25) is 0 Å². The topological polar surface area (TPSA) is 77.1 Å². The van der Waals surface area contributed by atoms with E-state index in [1.54, 1.807) is 48.2 Å². The van der Waals surface area contributed by atoms with Gasteiger partial charge in [0.05, 0.1) is 26.5 Å². The van der Waals surface area contributed by atoms with Gasteiger partial charge in [0.1, 0.15) is 5.75 Å². The lowest BCUT2D eigenvalue weighted by molar-refractivity contribution is -0.125. The Balaban J connectivity index is 1.61. The predicted molar refractivity (Wildman–Crippen MR) is 122 cm³/mol. The summed E-state index contributed by atoms with van der Waals surface area (Å²) in [6, 6.07) is 20.0. The van der Waals surface area contributed by atoms with Gasteiger partial charge in [-0.1, -0.05) is 30.3 Å². The molecule has 32 heavy (non-hydrogen) atoms. The molecule has 0 aromatic heterocycles. The number of carbonyl (C=O) groups excluding carboxylic acids is 2. The number of hydrogen-bond donors (Lipinski definition) is 1. The van der Waals surface area contributed by atoms with Gasteiger partial charge in [-0.05, 0) is 48.9 Å². The molecule has 0 fully saturated rings. The van der Waals surface area contributed by atoms with E-state index in [-0.39, 0.29) is 11.8 Å². The molecule has 0 bridgehead atoms. The molecule has 1 aliphatic rings. The maximum Gasteiger partial charge on any atom is 0.268 e. The van der Waals surface area contributed by atoms with E-state index in [0.717, 1.165) is 5.56 Å². The summed E-state index contributed by atoms with van der Waals surface area (Å²) in [6.45, 7) is 2.14. The first-order valence-corrected chi connectivity index (χ1v) is 10.2. The molecule has 0 spiro atoms. The molecule has 0 saturated heterocycles. The molecule has 164 valence electrons. The second kappa shape index (κ2) is 9.01. The fourth-order valence-corrected chi connectivity index (χ4v) is 3.59. The van der Waals surface area contributed by atoms with Gasteiger partial charge >= 0.3 is 0 Å². The van der Waals surface area contributed by atoms with Crippen molar-refractivity contribution in [3.05, 3.63) is 77.9 Å². The molecule has 1 atom stereocenters. The number of nitrogens with one attached hydrogen (secondary N) is 1. The van der Waals surface area contributed by atoms with Crippen LogP contribution >= 0.6 is 0 Å². The number of hydrogen-bond acceptors (Lipinski definition) is 5. The number of fused-ring (bicyclic) bond motifs is 1. The van der Waals surface area contributed by atoms with Gasteiger partial charge in [0.25, 0.3) is 11.8 Å². The average molecular weight is 432 g/mol. The summed E-state index contributed by atoms with van der Waals surface area (Å²) in [4.78, 5) is 27.4. The van der Waals surface area contributed by atoms with Crippen LogP contribution in [-0.2, 0) is 11.3 Å². The first kappa shape index (κ1) is 21.2. The molecule has 2 amide bonds. The molecule has 3 aromatic carbocycles. The van der Waals surface area contributed by atoms with Gasteiger partial charge in [0, 0.05) is 11.3 Å². The summed E-state index contributed by atoms with van der Waals surface area (Å²) >= 11 is 0. The van der Waals surface area contributed by atoms with Crippen LogP contribution in [0.3, 0.4) is 0 Å². The lowest BCUT2D eigenvalue weighted by Gasteiger charge is -2.33. The molecule has 1 N–H and O–H groups in total. The highest BCUT2D eigenvalue weighted by Crippen LogP contribution is 2.37. The largest absolute Gasteiger partial charge is 0.493 e. The van der Waals surface area contributed by atoms with E-state index in [1.807, 2.05) is 30.3 Å². The number of carbonyl (C=O) groups is 2. The van der Waals surface area contributed by atoms with E-state index in [2.05, 4.69) is 5.32 Å². The Labute approximate surface area is 186 Å². The highest BCUT2D eigenvalue weighted by atomic mass is 16.5. The third-order valence-electron chi connectivity index (χ3n) is 5.25. The van der Waals surface area contributed by atoms with E-state index < -0.39 is 6.10 Å². The van der Waals surface area contributed by atoms with Crippen LogP contribution in [0.4, 0.5) is 11.4 Å². The lowest BCUT2D eigenvalue weighted by Crippen LogP contribution is -2.44. The van der Waals surface area contributed by atoms with E-state index in [4.69, 9.17) is 14.2 Å². The molecule has 7 nitrogen and oxygen atoms in total. The van der Waals surface area contributed by atoms with Gasteiger partial charge in [-0.3, -0.25) is 9.59 Å². The zero-order valence-corrected chi connectivity index (χ0v) is 18.1. The average Bonchev–Trinajstić information content (AvgIpc) is 2.82. The number of anilines is 2. The highest BCUT2D eigenvalue weighted by molar-refractivity contribution is 6.06. The summed E-state index contributed by atoms with van der Waals surface area (Å²) < 4.78 is 16.3. The highest BCUT2D eigenvalue weighted by Gasteiger charge is 2.31. The Morgan fingerprint density at radius 3 is 2.47 bits per heavy atom. The predicted octanol–water partition coefficient (Wildman–Crippen LogP) is 4.27. The minimum absolute atomic E-state index is 0.135. The Morgan fingerprint density at radius 2 is 1.75 bits per heavy atom. The molecule has 3 aromatic rings. The fraction of sp³-hybridized carbons (Fsp3) is 0.200. The van der Waals surface area contributed by atoms with Crippen molar-refractivity contribution in [2.24, 2.45) is 0 Å². The van der Waals surface area contributed by atoms with Crippen molar-refractivity contribution in [2.45, 2.75) is 19.6 Å². The Kier molecular flexibility index (Phi) is 5.98. The first-order chi connectivity index (χ1) is 15.5. The van der Waals surface area contributed by atoms with Gasteiger partial charge in [-0.15, -0.1) is 0 Å². The SMILES string of the molecule is COc1ccc(C(=O)Nc2ccc3c(c2)N(Cc2ccccc2)C(=O)C(C)O3)cc1OC. The van der Waals surface area contributed by atoms with Crippen molar-refractivity contribution in [1.82, 2.24) is 0 Å². The Morgan fingerprint density at radius 1 is 1.00 bits per heavy atom. The van der Waals surface area contributed by atoms with Crippen LogP contribution in [0.25, 0.3) is 0 Å². The van der Waals surface area contributed by atoms with Gasteiger partial charge in [-0.2, -0.15) is 0 Å². The lowest BCUT2D eigenvalue weighted by atomic mass is 10.1. The number of rotatable bonds is 6. The van der Waals surface area contributed by atoms with Crippen LogP contribution in [0, 0.1) is 0 Å². The second-order valence-electron chi connectivity index (χ2n) is 7.38. The Bertz CT molecular complexity index is 1150. The standard InChI is InChI=1S/C25H24N2O5/c1-16-25(29)27(15-17-7-5-4-6-8-17)20-14-19(10-12-21(20)32-16)26-24(28)18-9-11-22(30-2)23(13-18)31-3/h4-14,16H,15H2,1-3H3,(H,26,28). The van der Waals surface area contributed by atoms with Crippen molar-refractivity contribution in [3.63, 3.8) is 0 Å². The molecular weight excluding hydrogens is 408 g/mol. The second-order valence-corrected chi connectivity index (χ2v) is 7.38. The first-order valence-electron chi connectivity index (χ1n) is 10.2. The van der Waals surface area contributed by atoms with Crippen molar-refractivity contribution in [1.29, 1.82) is 0 Å². The van der Waals surface area contributed by atoms with Crippen LogP contribution in [0.5, 0.6) is 17.2 Å². The summed E-state index contributed by atoms with van der Waals surface area (Å²) in [6.07, 6.45) is -0.585. The van der Waals surface area contributed by atoms with Crippen molar-refractivity contribution in [3.8, 4) is 17.2 Å². The number of benzene rings is 3. The van der Waals surface area contributed by atoms with E-state index in [0.29, 0.717) is 40.7 Å². The number of nitrogens with zero attached hydrogens (tertiary/aromatic N) is 1. The summed E-state index contributed by atoms with van der Waals surface area (Å²) in [5.74, 6) is 1.16. The zero-order chi connectivity index (χ0) is 22.7. The molecule has 7 heteroatoms. The monoisotopic (exact) mass is 432 g/mol. The smallest absolute Gasteiger partial charge is 0.268 e. The van der Waals surface area contributed by atoms with Gasteiger partial charge in [0.15, 0.2) is 17.6 Å². The van der Waals surface area contributed by atoms with Crippen LogP contribution in [0.2, 0.25) is 0 Å². The third-order valence-corrected chi connectivity index (χ3v) is 5.25. The normalized spacial score (nSPS) is 14.9. The zero-order valence-electron chi connectivity index (χ0n) is 18.1. The van der Waals surface area contributed by atoms with Crippen LogP contribution in [0.15, 0.2) is 66.7 Å². The molecule has 0 aliphatic carbocycles. The van der Waals surface area contributed by atoms with E-state index in [1.165, 1.54) is 14.2 Å². The maximum absolute atomic E-state index is 12.9.